The van der Waals surface area contributed by atoms with E-state index in [1.54, 1.807) is 0 Å². The smallest absolute Gasteiger partial charge is 0.181 e. The summed E-state index contributed by atoms with van der Waals surface area (Å²) in [6.45, 7) is 0. The van der Waals surface area contributed by atoms with Gasteiger partial charge in [0.25, 0.3) is 0 Å². The zero-order chi connectivity index (χ0) is 39.0. The van der Waals surface area contributed by atoms with E-state index in [1.807, 2.05) is 17.8 Å². The first-order valence-electron chi connectivity index (χ1n) is 20.3. The van der Waals surface area contributed by atoms with Crippen LogP contribution in [0.2, 0.25) is 0 Å². The molecule has 5 heteroatoms. The maximum absolute atomic E-state index is 6.52. The van der Waals surface area contributed by atoms with Crippen LogP contribution in [0.5, 0.6) is 0 Å². The molecule has 0 amide bonds. The molecule has 3 heterocycles. The van der Waals surface area contributed by atoms with Crippen LogP contribution in [0.4, 0.5) is 17.1 Å². The SMILES string of the molecule is c1ccc(N(c2ccc3c(c2)[Si]2(c4ccccc4Sc4ccccc42)c2ccccc2[Si]3(c2ccccc2)c2ccccc2)c2ccc3c(c2)oc2ccccc23)cc1. The highest BCUT2D eigenvalue weighted by Gasteiger charge is 2.58. The van der Waals surface area contributed by atoms with Gasteiger partial charge in [-0.25, -0.2) is 0 Å². The van der Waals surface area contributed by atoms with Crippen LogP contribution in [0.15, 0.2) is 239 Å². The van der Waals surface area contributed by atoms with Gasteiger partial charge < -0.3 is 9.32 Å². The number of benzene rings is 9. The number of nitrogens with zero attached hydrogens (tertiary/aromatic N) is 1. The first kappa shape index (κ1) is 34.4. The van der Waals surface area contributed by atoms with Crippen molar-refractivity contribution in [2.75, 3.05) is 4.90 Å². The summed E-state index contributed by atoms with van der Waals surface area (Å²) in [6.07, 6.45) is 0. The number of hydrogen-bond donors (Lipinski definition) is 0. The van der Waals surface area contributed by atoms with E-state index in [4.69, 9.17) is 4.42 Å². The normalized spacial score (nSPS) is 14.3. The molecule has 0 N–H and O–H groups in total. The monoisotopic (exact) mass is 803 g/mol. The summed E-state index contributed by atoms with van der Waals surface area (Å²) in [6, 6.07) is 84.3. The molecule has 0 atom stereocenters. The molecule has 278 valence electrons. The lowest BCUT2D eigenvalue weighted by atomic mass is 10.1. The quantitative estimate of drug-likeness (QED) is 0.162. The lowest BCUT2D eigenvalue weighted by Gasteiger charge is -2.50. The topological polar surface area (TPSA) is 16.4 Å². The molecule has 9 aromatic carbocycles. The maximum atomic E-state index is 6.52. The van der Waals surface area contributed by atoms with Gasteiger partial charge >= 0.3 is 0 Å². The van der Waals surface area contributed by atoms with E-state index in [0.29, 0.717) is 0 Å². The average molecular weight is 804 g/mol. The standard InChI is InChI=1S/C54H37NOSSi2/c1-4-18-38(19-5-1)55(39-32-34-44-43-24-10-11-25-45(43)56-46(44)36-39)40-33-35-53-54(37-40)59(49-28-14-12-26-47(49)57-48-27-13-15-29-50(48)59)52-31-17-16-30-51(52)58(53,41-20-6-2-7-21-41)42-22-8-3-9-23-42/h1-37H. The van der Waals surface area contributed by atoms with Crippen LogP contribution < -0.4 is 46.4 Å². The Morgan fingerprint density at radius 2 is 0.797 bits per heavy atom. The highest BCUT2D eigenvalue weighted by molar-refractivity contribution is 8.00. The number of rotatable bonds is 5. The molecule has 12 rings (SSSR count). The minimum absolute atomic E-state index is 0.883. The summed E-state index contributed by atoms with van der Waals surface area (Å²) in [4.78, 5) is 5.14. The third kappa shape index (κ3) is 4.93. The number of furan rings is 1. The van der Waals surface area contributed by atoms with Crippen molar-refractivity contribution in [2.24, 2.45) is 0 Å². The Bertz CT molecular complexity index is 3130. The Morgan fingerprint density at radius 3 is 1.46 bits per heavy atom. The fraction of sp³-hybridized carbons (Fsp3) is 0. The number of hydrogen-bond acceptors (Lipinski definition) is 3. The largest absolute Gasteiger partial charge is 0.456 e. The van der Waals surface area contributed by atoms with Crippen LogP contribution >= 0.6 is 11.8 Å². The minimum Gasteiger partial charge on any atom is -0.456 e. The van der Waals surface area contributed by atoms with Gasteiger partial charge in [0.2, 0.25) is 0 Å². The first-order valence-corrected chi connectivity index (χ1v) is 25.1. The lowest BCUT2D eigenvalue weighted by molar-refractivity contribution is 0.669. The Kier molecular flexibility index (Phi) is 7.85. The van der Waals surface area contributed by atoms with Crippen LogP contribution in [0, 0.1) is 0 Å². The summed E-state index contributed by atoms with van der Waals surface area (Å²) in [5, 5.41) is 13.9. The second kappa shape index (κ2) is 13.5. The fourth-order valence-electron chi connectivity index (χ4n) is 10.4. The van der Waals surface area contributed by atoms with Crippen LogP contribution in [-0.2, 0) is 0 Å². The van der Waals surface area contributed by atoms with Gasteiger partial charge in [-0.1, -0.05) is 176 Å². The molecule has 10 aromatic rings. The van der Waals surface area contributed by atoms with Crippen molar-refractivity contribution < 1.29 is 4.42 Å². The van der Waals surface area contributed by atoms with Crippen molar-refractivity contribution >= 4 is 108 Å². The van der Waals surface area contributed by atoms with Crippen molar-refractivity contribution in [2.45, 2.75) is 9.79 Å². The fourth-order valence-corrected chi connectivity index (χ4v) is 24.6. The van der Waals surface area contributed by atoms with Crippen LogP contribution in [0.1, 0.15) is 0 Å². The number of para-hydroxylation sites is 2. The summed E-state index contributed by atoms with van der Waals surface area (Å²) < 4.78 is 6.52. The minimum atomic E-state index is -2.98. The molecule has 0 aliphatic carbocycles. The molecular formula is C54H37NOSSi2. The Labute approximate surface area is 350 Å². The molecule has 59 heavy (non-hydrogen) atoms. The van der Waals surface area contributed by atoms with Crippen LogP contribution in [-0.4, -0.2) is 16.1 Å². The summed E-state index contributed by atoms with van der Waals surface area (Å²) in [5.41, 5.74) is 5.08. The predicted molar refractivity (Wildman–Crippen MR) is 253 cm³/mol. The zero-order valence-electron chi connectivity index (χ0n) is 32.1. The van der Waals surface area contributed by atoms with E-state index in [1.165, 1.54) is 51.3 Å². The molecule has 1 aromatic heterocycles. The third-order valence-electron chi connectivity index (χ3n) is 12.7. The summed E-state index contributed by atoms with van der Waals surface area (Å²) in [7, 11) is -5.89. The van der Waals surface area contributed by atoms with Crippen molar-refractivity contribution in [3.63, 3.8) is 0 Å². The maximum Gasteiger partial charge on any atom is 0.181 e. The zero-order valence-corrected chi connectivity index (χ0v) is 34.9. The highest BCUT2D eigenvalue weighted by Crippen LogP contribution is 2.39. The van der Waals surface area contributed by atoms with E-state index >= 15 is 0 Å². The molecule has 1 spiro atoms. The number of anilines is 3. The van der Waals surface area contributed by atoms with Gasteiger partial charge in [-0.05, 0) is 96.1 Å². The molecule has 0 unspecified atom stereocenters. The predicted octanol–water partition coefficient (Wildman–Crippen LogP) is 8.59. The molecule has 2 aliphatic heterocycles. The molecule has 0 radical (unpaired) electrons. The molecule has 2 aliphatic rings. The third-order valence-corrected chi connectivity index (χ3v) is 24.5. The lowest BCUT2D eigenvalue weighted by Crippen LogP contribution is -2.93. The van der Waals surface area contributed by atoms with E-state index in [9.17, 15) is 0 Å². The van der Waals surface area contributed by atoms with E-state index in [0.717, 1.165) is 39.0 Å². The van der Waals surface area contributed by atoms with Gasteiger partial charge in [-0.15, -0.1) is 0 Å². The van der Waals surface area contributed by atoms with E-state index < -0.39 is 16.1 Å². The Morgan fingerprint density at radius 1 is 0.322 bits per heavy atom. The second-order valence-electron chi connectivity index (χ2n) is 15.6. The molecule has 0 saturated heterocycles. The molecule has 0 bridgehead atoms. The molecule has 2 nitrogen and oxygen atoms in total. The van der Waals surface area contributed by atoms with Crippen molar-refractivity contribution in [1.82, 2.24) is 0 Å². The van der Waals surface area contributed by atoms with Crippen molar-refractivity contribution in [3.05, 3.63) is 224 Å². The van der Waals surface area contributed by atoms with Gasteiger partial charge in [-0.2, -0.15) is 0 Å². The Hall–Kier alpha value is -6.64. The number of fused-ring (bicyclic) bond motifs is 11. The van der Waals surface area contributed by atoms with Gasteiger partial charge in [0.1, 0.15) is 11.2 Å². The second-order valence-corrected chi connectivity index (χ2v) is 24.0. The summed E-state index contributed by atoms with van der Waals surface area (Å²) in [5.74, 6) is 0. The average Bonchev–Trinajstić information content (AvgIpc) is 3.68. The molecule has 0 saturated carbocycles. The Balaban J connectivity index is 1.23. The van der Waals surface area contributed by atoms with Gasteiger partial charge in [0.15, 0.2) is 16.1 Å². The highest BCUT2D eigenvalue weighted by atomic mass is 32.2. The van der Waals surface area contributed by atoms with E-state index in [-0.39, 0.29) is 0 Å². The summed E-state index contributed by atoms with van der Waals surface area (Å²) >= 11 is 1.92. The van der Waals surface area contributed by atoms with Crippen molar-refractivity contribution in [1.29, 1.82) is 0 Å². The van der Waals surface area contributed by atoms with Gasteiger partial charge in [-0.3, -0.25) is 0 Å². The van der Waals surface area contributed by atoms with E-state index in [2.05, 4.69) is 223 Å². The van der Waals surface area contributed by atoms with Crippen LogP contribution in [0.3, 0.4) is 0 Å². The van der Waals surface area contributed by atoms with Gasteiger partial charge in [0, 0.05) is 43.7 Å². The molecular weight excluding hydrogens is 767 g/mol. The van der Waals surface area contributed by atoms with Crippen LogP contribution in [0.25, 0.3) is 21.9 Å². The van der Waals surface area contributed by atoms with Crippen molar-refractivity contribution in [3.8, 4) is 0 Å². The first-order chi connectivity index (χ1) is 29.3. The van der Waals surface area contributed by atoms with Gasteiger partial charge in [0.05, 0.1) is 0 Å². The molecule has 0 fully saturated rings.